The first-order valence-electron chi connectivity index (χ1n) is 8.81. The Morgan fingerprint density at radius 2 is 1.85 bits per heavy atom. The van der Waals surface area contributed by atoms with Crippen LogP contribution in [0.1, 0.15) is 30.1 Å². The van der Waals surface area contributed by atoms with Gasteiger partial charge < -0.3 is 9.84 Å². The van der Waals surface area contributed by atoms with Crippen LogP contribution in [-0.2, 0) is 0 Å². The fourth-order valence-electron chi connectivity index (χ4n) is 2.84. The van der Waals surface area contributed by atoms with Gasteiger partial charge in [-0.3, -0.25) is 0 Å². The van der Waals surface area contributed by atoms with E-state index in [1.54, 1.807) is 24.4 Å². The van der Waals surface area contributed by atoms with E-state index in [4.69, 9.17) is 16.3 Å². The number of hydrogen-bond acceptors (Lipinski definition) is 3. The molecule has 27 heavy (non-hydrogen) atoms. The molecule has 3 rings (SSSR count). The quantitative estimate of drug-likeness (QED) is 0.514. The Labute approximate surface area is 163 Å². The largest absolute Gasteiger partial charge is 0.478 e. The van der Waals surface area contributed by atoms with Crippen LogP contribution in [0.4, 0.5) is 0 Å². The Morgan fingerprint density at radius 3 is 2.59 bits per heavy atom. The maximum atomic E-state index is 11.3. The maximum Gasteiger partial charge on any atom is 0.335 e. The molecule has 3 aromatic rings. The van der Waals surface area contributed by atoms with E-state index in [1.807, 2.05) is 36.4 Å². The van der Waals surface area contributed by atoms with Gasteiger partial charge in [-0.05, 0) is 41.3 Å². The van der Waals surface area contributed by atoms with Gasteiger partial charge in [-0.1, -0.05) is 61.3 Å². The summed E-state index contributed by atoms with van der Waals surface area (Å²) < 4.78 is 5.88. The topological polar surface area (TPSA) is 59.4 Å². The summed E-state index contributed by atoms with van der Waals surface area (Å²) in [4.78, 5) is 15.7. The van der Waals surface area contributed by atoms with E-state index in [1.165, 1.54) is 0 Å². The first-order valence-corrected chi connectivity index (χ1v) is 9.19. The molecule has 0 radical (unpaired) electrons. The summed E-state index contributed by atoms with van der Waals surface area (Å²) in [5.74, 6) is -0.433. The summed E-state index contributed by atoms with van der Waals surface area (Å²) in [5.41, 5.74) is 3.62. The molecule has 0 aliphatic rings. The molecular weight excluding hydrogens is 362 g/mol. The number of nitrogens with zero attached hydrogens (tertiary/aromatic N) is 1. The highest BCUT2D eigenvalue weighted by Crippen LogP contribution is 2.37. The lowest BCUT2D eigenvalue weighted by atomic mass is 9.94. The Balaban J connectivity index is 2.10. The van der Waals surface area contributed by atoms with Gasteiger partial charge in [-0.15, -0.1) is 0 Å². The molecule has 0 fully saturated rings. The number of aromatic carboxylic acids is 1. The molecular formula is C22H20ClNO3. The molecule has 0 amide bonds. The molecule has 0 saturated carbocycles. The van der Waals surface area contributed by atoms with Gasteiger partial charge in [-0.25, -0.2) is 9.78 Å². The Hall–Kier alpha value is -2.85. The second-order valence-corrected chi connectivity index (χ2v) is 6.58. The van der Waals surface area contributed by atoms with Crippen LogP contribution in [0, 0.1) is 0 Å². The monoisotopic (exact) mass is 381 g/mol. The minimum Gasteiger partial charge on any atom is -0.478 e. The van der Waals surface area contributed by atoms with Crippen molar-refractivity contribution in [1.82, 2.24) is 4.98 Å². The zero-order valence-corrected chi connectivity index (χ0v) is 15.7. The Bertz CT molecular complexity index is 956. The van der Waals surface area contributed by atoms with E-state index < -0.39 is 5.97 Å². The van der Waals surface area contributed by atoms with Gasteiger partial charge in [0.1, 0.15) is 0 Å². The highest BCUT2D eigenvalue weighted by atomic mass is 35.5. The summed E-state index contributed by atoms with van der Waals surface area (Å²) in [6.45, 7) is 2.68. The van der Waals surface area contributed by atoms with E-state index in [2.05, 4.69) is 11.9 Å². The molecule has 0 unspecified atom stereocenters. The number of carboxylic acids is 1. The van der Waals surface area contributed by atoms with Crippen molar-refractivity contribution in [2.45, 2.75) is 19.8 Å². The van der Waals surface area contributed by atoms with Gasteiger partial charge in [0.25, 0.3) is 0 Å². The standard InChI is InChI=1S/C22H20ClNO3/c1-2-3-11-27-21-20(13-17(23)14-24-21)19-10-5-4-9-18(19)15-7-6-8-16(12-15)22(25)26/h4-10,12-14H,2-3,11H2,1H3,(H,25,26). The molecule has 5 heteroatoms. The van der Waals surface area contributed by atoms with Crippen molar-refractivity contribution in [3.8, 4) is 28.1 Å². The lowest BCUT2D eigenvalue weighted by Crippen LogP contribution is -2.01. The molecule has 138 valence electrons. The van der Waals surface area contributed by atoms with Crippen molar-refractivity contribution in [3.05, 3.63) is 71.4 Å². The summed E-state index contributed by atoms with van der Waals surface area (Å²) in [5, 5.41) is 9.81. The predicted octanol–water partition coefficient (Wildman–Crippen LogP) is 5.95. The molecule has 1 aromatic heterocycles. The molecule has 0 aliphatic carbocycles. The SMILES string of the molecule is CCCCOc1ncc(Cl)cc1-c1ccccc1-c1cccc(C(=O)O)c1. The summed E-state index contributed by atoms with van der Waals surface area (Å²) in [6.07, 6.45) is 3.54. The van der Waals surface area contributed by atoms with Crippen LogP contribution in [0.25, 0.3) is 22.3 Å². The van der Waals surface area contributed by atoms with Gasteiger partial charge in [0.2, 0.25) is 5.88 Å². The third kappa shape index (κ3) is 4.47. The molecule has 0 aliphatic heterocycles. The normalized spacial score (nSPS) is 10.6. The first-order chi connectivity index (χ1) is 13.1. The van der Waals surface area contributed by atoms with Gasteiger partial charge in [0.05, 0.1) is 17.2 Å². The lowest BCUT2D eigenvalue weighted by molar-refractivity contribution is 0.0697. The van der Waals surface area contributed by atoms with E-state index in [0.29, 0.717) is 17.5 Å². The smallest absolute Gasteiger partial charge is 0.335 e. The number of ether oxygens (including phenoxy) is 1. The van der Waals surface area contributed by atoms with Crippen molar-refractivity contribution in [1.29, 1.82) is 0 Å². The summed E-state index contributed by atoms with van der Waals surface area (Å²) >= 11 is 6.20. The van der Waals surface area contributed by atoms with E-state index in [-0.39, 0.29) is 5.56 Å². The van der Waals surface area contributed by atoms with Crippen molar-refractivity contribution in [2.75, 3.05) is 6.61 Å². The summed E-state index contributed by atoms with van der Waals surface area (Å²) in [7, 11) is 0. The van der Waals surface area contributed by atoms with Gasteiger partial charge in [0, 0.05) is 11.8 Å². The average molecular weight is 382 g/mol. The number of pyridine rings is 1. The number of hydrogen-bond donors (Lipinski definition) is 1. The second-order valence-electron chi connectivity index (χ2n) is 6.14. The predicted molar refractivity (Wildman–Crippen MR) is 107 cm³/mol. The van der Waals surface area contributed by atoms with Crippen LogP contribution in [0.2, 0.25) is 5.02 Å². The number of aromatic nitrogens is 1. The molecule has 4 nitrogen and oxygen atoms in total. The minimum absolute atomic E-state index is 0.242. The third-order valence-electron chi connectivity index (χ3n) is 4.19. The first kappa shape index (κ1) is 18.9. The van der Waals surface area contributed by atoms with Crippen molar-refractivity contribution in [2.24, 2.45) is 0 Å². The summed E-state index contributed by atoms with van der Waals surface area (Å²) in [6, 6.07) is 16.5. The molecule has 2 aromatic carbocycles. The van der Waals surface area contributed by atoms with Crippen LogP contribution < -0.4 is 4.74 Å². The fraction of sp³-hybridized carbons (Fsp3) is 0.182. The number of benzene rings is 2. The second kappa shape index (κ2) is 8.69. The zero-order chi connectivity index (χ0) is 19.2. The van der Waals surface area contributed by atoms with Crippen LogP contribution in [0.15, 0.2) is 60.8 Å². The molecule has 0 bridgehead atoms. The lowest BCUT2D eigenvalue weighted by Gasteiger charge is -2.14. The molecule has 1 N–H and O–H groups in total. The minimum atomic E-state index is -0.956. The number of carboxylic acid groups (broad SMARTS) is 1. The van der Waals surface area contributed by atoms with Crippen molar-refractivity contribution >= 4 is 17.6 Å². The number of carbonyl (C=O) groups is 1. The van der Waals surface area contributed by atoms with Crippen LogP contribution in [0.3, 0.4) is 0 Å². The van der Waals surface area contributed by atoms with Crippen LogP contribution >= 0.6 is 11.6 Å². The van der Waals surface area contributed by atoms with Crippen molar-refractivity contribution < 1.29 is 14.6 Å². The van der Waals surface area contributed by atoms with E-state index in [0.717, 1.165) is 35.1 Å². The van der Waals surface area contributed by atoms with Gasteiger partial charge in [0.15, 0.2) is 0 Å². The van der Waals surface area contributed by atoms with E-state index >= 15 is 0 Å². The highest BCUT2D eigenvalue weighted by Gasteiger charge is 2.15. The molecule has 1 heterocycles. The van der Waals surface area contributed by atoms with Gasteiger partial charge in [-0.2, -0.15) is 0 Å². The van der Waals surface area contributed by atoms with E-state index in [9.17, 15) is 9.90 Å². The Kier molecular flexibility index (Phi) is 6.09. The molecule has 0 spiro atoms. The average Bonchev–Trinajstić information content (AvgIpc) is 2.69. The van der Waals surface area contributed by atoms with Crippen molar-refractivity contribution in [3.63, 3.8) is 0 Å². The number of rotatable bonds is 7. The number of unbranched alkanes of at least 4 members (excludes halogenated alkanes) is 1. The Morgan fingerprint density at radius 1 is 1.07 bits per heavy atom. The fourth-order valence-corrected chi connectivity index (χ4v) is 3.00. The molecule has 0 atom stereocenters. The van der Waals surface area contributed by atoms with Crippen LogP contribution in [0.5, 0.6) is 5.88 Å². The molecule has 0 saturated heterocycles. The van der Waals surface area contributed by atoms with Crippen LogP contribution in [-0.4, -0.2) is 22.7 Å². The highest BCUT2D eigenvalue weighted by molar-refractivity contribution is 6.30. The number of halogens is 1. The third-order valence-corrected chi connectivity index (χ3v) is 4.40. The van der Waals surface area contributed by atoms with Gasteiger partial charge >= 0.3 is 5.97 Å². The zero-order valence-electron chi connectivity index (χ0n) is 15.0. The maximum absolute atomic E-state index is 11.3.